The molecular formula is C31H32ClN3O6. The number of carbonyl (C=O) groups excluding carboxylic acids is 1. The third-order valence-corrected chi connectivity index (χ3v) is 6.69. The van der Waals surface area contributed by atoms with Gasteiger partial charge < -0.3 is 18.9 Å². The predicted molar refractivity (Wildman–Crippen MR) is 160 cm³/mol. The maximum atomic E-state index is 13.7. The molecule has 41 heavy (non-hydrogen) atoms. The van der Waals surface area contributed by atoms with Crippen molar-refractivity contribution in [3.63, 3.8) is 0 Å². The normalized spacial score (nSPS) is 11.3. The van der Waals surface area contributed by atoms with E-state index in [1.165, 1.54) is 18.0 Å². The van der Waals surface area contributed by atoms with Gasteiger partial charge in [0.1, 0.15) is 5.75 Å². The van der Waals surface area contributed by atoms with Crippen LogP contribution in [0.3, 0.4) is 0 Å². The van der Waals surface area contributed by atoms with Crippen molar-refractivity contribution >= 4 is 34.7 Å². The maximum Gasteiger partial charge on any atom is 0.343 e. The van der Waals surface area contributed by atoms with Gasteiger partial charge in [-0.3, -0.25) is 4.79 Å². The van der Waals surface area contributed by atoms with E-state index < -0.39 is 5.97 Å². The number of esters is 1. The van der Waals surface area contributed by atoms with E-state index in [1.54, 1.807) is 37.4 Å². The average molecular weight is 578 g/mol. The molecule has 0 aliphatic heterocycles. The Morgan fingerprint density at radius 2 is 1.85 bits per heavy atom. The molecule has 9 nitrogen and oxygen atoms in total. The summed E-state index contributed by atoms with van der Waals surface area (Å²) in [5, 5.41) is 5.22. The molecule has 1 aromatic heterocycles. The molecule has 0 spiro atoms. The van der Waals surface area contributed by atoms with E-state index in [4.69, 9.17) is 30.8 Å². The number of nitrogens with zero attached hydrogens (tertiary/aromatic N) is 3. The number of hydrogen-bond acceptors (Lipinski definition) is 8. The number of methoxy groups -OCH3 is 2. The number of carbonyl (C=O) groups is 1. The molecule has 0 fully saturated rings. The monoisotopic (exact) mass is 577 g/mol. The molecule has 0 aliphatic carbocycles. The van der Waals surface area contributed by atoms with Gasteiger partial charge in [-0.2, -0.15) is 9.78 Å². The summed E-state index contributed by atoms with van der Waals surface area (Å²) >= 11 is 6.50. The van der Waals surface area contributed by atoms with E-state index in [9.17, 15) is 9.59 Å². The summed E-state index contributed by atoms with van der Waals surface area (Å²) < 4.78 is 22.8. The molecule has 214 valence electrons. The van der Waals surface area contributed by atoms with Crippen LogP contribution in [-0.2, 0) is 9.53 Å². The number of para-hydroxylation sites is 1. The second-order valence-electron chi connectivity index (χ2n) is 9.51. The molecule has 4 aromatic rings. The molecule has 0 radical (unpaired) electrons. The van der Waals surface area contributed by atoms with Gasteiger partial charge in [-0.25, -0.2) is 9.78 Å². The Balaban J connectivity index is 1.88. The van der Waals surface area contributed by atoms with Gasteiger partial charge in [0.25, 0.3) is 5.56 Å². The summed E-state index contributed by atoms with van der Waals surface area (Å²) in [6.45, 7) is 7.92. The zero-order chi connectivity index (χ0) is 29.7. The second kappa shape index (κ2) is 12.9. The third-order valence-electron chi connectivity index (χ3n) is 6.41. The SMILES string of the molecule is CCOc1cc(C=Nn2c(-c3cc(C(C)C)c(OC)cc3C)nc3ccccc3c2=O)cc(Cl)c1OCC(=O)OC. The van der Waals surface area contributed by atoms with Crippen LogP contribution in [0.25, 0.3) is 22.3 Å². The number of hydrogen-bond donors (Lipinski definition) is 0. The van der Waals surface area contributed by atoms with Crippen molar-refractivity contribution in [2.45, 2.75) is 33.6 Å². The number of rotatable bonds is 10. The average Bonchev–Trinajstić information content (AvgIpc) is 2.95. The number of benzene rings is 3. The molecule has 0 aliphatic rings. The van der Waals surface area contributed by atoms with E-state index in [0.29, 0.717) is 34.6 Å². The number of ether oxygens (including phenoxy) is 4. The highest BCUT2D eigenvalue weighted by molar-refractivity contribution is 6.32. The lowest BCUT2D eigenvalue weighted by Gasteiger charge is -2.17. The Hall–Kier alpha value is -4.37. The van der Waals surface area contributed by atoms with Crippen LogP contribution in [-0.4, -0.2) is 49.3 Å². The second-order valence-corrected chi connectivity index (χ2v) is 9.91. The van der Waals surface area contributed by atoms with Crippen molar-refractivity contribution in [3.05, 3.63) is 80.6 Å². The number of fused-ring (bicyclic) bond motifs is 1. The Morgan fingerprint density at radius 3 is 2.54 bits per heavy atom. The molecular weight excluding hydrogens is 546 g/mol. The number of aryl methyl sites for hydroxylation is 1. The predicted octanol–water partition coefficient (Wildman–Crippen LogP) is 5.99. The standard InChI is InChI=1S/C31H32ClN3O6/c1-7-40-27-14-20(13-24(32)29(27)41-17-28(36)39-6)16-33-35-30(34-25-11-9-8-10-21(25)31(35)37)23-15-22(18(2)3)26(38-5)12-19(23)4/h8-16,18H,7,17H2,1-6H3. The van der Waals surface area contributed by atoms with Gasteiger partial charge in [0, 0.05) is 5.56 Å². The number of aromatic nitrogens is 2. The molecule has 0 bridgehead atoms. The fraction of sp³-hybridized carbons (Fsp3) is 0.290. The fourth-order valence-electron chi connectivity index (χ4n) is 4.35. The van der Waals surface area contributed by atoms with Crippen molar-refractivity contribution < 1.29 is 23.7 Å². The van der Waals surface area contributed by atoms with Crippen LogP contribution >= 0.6 is 11.6 Å². The Labute approximate surface area is 243 Å². The van der Waals surface area contributed by atoms with Gasteiger partial charge in [-0.1, -0.05) is 37.6 Å². The van der Waals surface area contributed by atoms with Gasteiger partial charge in [0.05, 0.1) is 43.0 Å². The number of halogens is 1. The minimum atomic E-state index is -0.556. The molecule has 0 saturated heterocycles. The van der Waals surface area contributed by atoms with Crippen LogP contribution in [0.5, 0.6) is 17.2 Å². The van der Waals surface area contributed by atoms with Crippen LogP contribution in [0.1, 0.15) is 43.4 Å². The van der Waals surface area contributed by atoms with Gasteiger partial charge in [-0.15, -0.1) is 0 Å². The molecule has 0 atom stereocenters. The molecule has 0 N–H and O–H groups in total. The van der Waals surface area contributed by atoms with Crippen molar-refractivity contribution in [2.75, 3.05) is 27.4 Å². The van der Waals surface area contributed by atoms with Crippen LogP contribution in [0, 0.1) is 6.92 Å². The summed E-state index contributed by atoms with van der Waals surface area (Å²) in [4.78, 5) is 30.2. The smallest absolute Gasteiger partial charge is 0.343 e. The third kappa shape index (κ3) is 6.36. The van der Waals surface area contributed by atoms with E-state index >= 15 is 0 Å². The molecule has 1 heterocycles. The highest BCUT2D eigenvalue weighted by Crippen LogP contribution is 2.37. The van der Waals surface area contributed by atoms with Crippen LogP contribution in [0.15, 0.2) is 58.4 Å². The minimum Gasteiger partial charge on any atom is -0.496 e. The lowest BCUT2D eigenvalue weighted by molar-refractivity contribution is -0.142. The van der Waals surface area contributed by atoms with Gasteiger partial charge in [0.2, 0.25) is 0 Å². The first-order chi connectivity index (χ1) is 19.7. The maximum absolute atomic E-state index is 13.7. The van der Waals surface area contributed by atoms with Crippen LogP contribution < -0.4 is 19.8 Å². The Bertz CT molecular complexity index is 1680. The quantitative estimate of drug-likeness (QED) is 0.168. The van der Waals surface area contributed by atoms with Crippen molar-refractivity contribution in [3.8, 4) is 28.6 Å². The van der Waals surface area contributed by atoms with Crippen molar-refractivity contribution in [1.82, 2.24) is 9.66 Å². The Kier molecular flexibility index (Phi) is 9.29. The van der Waals surface area contributed by atoms with Gasteiger partial charge in [-0.05, 0) is 72.9 Å². The summed E-state index contributed by atoms with van der Waals surface area (Å²) in [6, 6.07) is 14.4. The van der Waals surface area contributed by atoms with Crippen molar-refractivity contribution in [2.24, 2.45) is 5.10 Å². The molecule has 0 saturated carbocycles. The zero-order valence-corrected chi connectivity index (χ0v) is 24.6. The first kappa shape index (κ1) is 29.6. The first-order valence-electron chi connectivity index (χ1n) is 13.1. The summed E-state index contributed by atoms with van der Waals surface area (Å²) in [5.74, 6) is 1.30. The summed E-state index contributed by atoms with van der Waals surface area (Å²) in [7, 11) is 2.91. The molecule has 10 heteroatoms. The van der Waals surface area contributed by atoms with E-state index in [0.717, 1.165) is 22.4 Å². The minimum absolute atomic E-state index is 0.174. The highest BCUT2D eigenvalue weighted by Gasteiger charge is 2.19. The first-order valence-corrected chi connectivity index (χ1v) is 13.5. The lowest BCUT2D eigenvalue weighted by atomic mass is 9.96. The van der Waals surface area contributed by atoms with Crippen LogP contribution in [0.4, 0.5) is 0 Å². The molecule has 4 rings (SSSR count). The zero-order valence-electron chi connectivity index (χ0n) is 23.9. The summed E-state index contributed by atoms with van der Waals surface area (Å²) in [6.07, 6.45) is 1.50. The molecule has 0 amide bonds. The Morgan fingerprint density at radius 1 is 1.10 bits per heavy atom. The van der Waals surface area contributed by atoms with E-state index in [2.05, 4.69) is 23.7 Å². The van der Waals surface area contributed by atoms with Gasteiger partial charge >= 0.3 is 5.97 Å². The fourth-order valence-corrected chi connectivity index (χ4v) is 4.63. The molecule has 0 unspecified atom stereocenters. The largest absolute Gasteiger partial charge is 0.496 e. The van der Waals surface area contributed by atoms with E-state index in [1.807, 2.05) is 32.0 Å². The highest BCUT2D eigenvalue weighted by atomic mass is 35.5. The topological polar surface area (TPSA) is 101 Å². The molecule has 3 aromatic carbocycles. The van der Waals surface area contributed by atoms with Crippen molar-refractivity contribution in [1.29, 1.82) is 0 Å². The van der Waals surface area contributed by atoms with Crippen LogP contribution in [0.2, 0.25) is 5.02 Å². The summed E-state index contributed by atoms with van der Waals surface area (Å²) in [5.41, 5.74) is 3.41. The lowest BCUT2D eigenvalue weighted by Crippen LogP contribution is -2.21. The van der Waals surface area contributed by atoms with Gasteiger partial charge in [0.15, 0.2) is 23.9 Å². The van der Waals surface area contributed by atoms with E-state index in [-0.39, 0.29) is 28.9 Å².